The molecule has 0 saturated carbocycles. The van der Waals surface area contributed by atoms with Crippen LogP contribution in [0.1, 0.15) is 22.3 Å². The van der Waals surface area contributed by atoms with Gasteiger partial charge in [0.05, 0.1) is 11.1 Å². The van der Waals surface area contributed by atoms with Crippen LogP contribution in [-0.4, -0.2) is 19.9 Å². The molecule has 4 nitrogen and oxygen atoms in total. The van der Waals surface area contributed by atoms with E-state index in [1.54, 1.807) is 0 Å². The first-order valence-electron chi connectivity index (χ1n) is 18.6. The lowest BCUT2D eigenvalue weighted by molar-refractivity contribution is 0.794. The molecule has 0 amide bonds. The quantitative estimate of drug-likeness (QED) is 0.179. The van der Waals surface area contributed by atoms with Gasteiger partial charge in [0.15, 0.2) is 17.5 Å². The van der Waals surface area contributed by atoms with E-state index in [1.165, 1.54) is 50.1 Å². The van der Waals surface area contributed by atoms with Gasteiger partial charge in [0.2, 0.25) is 0 Å². The Morgan fingerprint density at radius 2 is 0.727 bits per heavy atom. The first-order chi connectivity index (χ1) is 27.3. The Morgan fingerprint density at radius 1 is 0.291 bits per heavy atom. The maximum Gasteiger partial charge on any atom is 0.164 e. The normalized spacial score (nSPS) is 12.9. The van der Waals surface area contributed by atoms with Crippen molar-refractivity contribution in [2.75, 3.05) is 0 Å². The fourth-order valence-electron chi connectivity index (χ4n) is 8.86. The number of nitrogens with zero attached hydrogens (tertiary/aromatic N) is 4. The van der Waals surface area contributed by atoms with Crippen LogP contribution in [0.25, 0.3) is 78.8 Å². The van der Waals surface area contributed by atoms with E-state index in [-0.39, 0.29) is 5.41 Å². The van der Waals surface area contributed by atoms with Gasteiger partial charge in [-0.05, 0) is 67.8 Å². The van der Waals surface area contributed by atoms with Crippen molar-refractivity contribution in [2.45, 2.75) is 5.41 Å². The van der Waals surface area contributed by atoms with Crippen molar-refractivity contribution in [1.29, 1.82) is 0 Å². The molecule has 0 bridgehead atoms. The van der Waals surface area contributed by atoms with Crippen LogP contribution in [0, 0.1) is 0 Å². The van der Waals surface area contributed by atoms with Crippen LogP contribution >= 0.6 is 0 Å². The van der Waals surface area contributed by atoms with Gasteiger partial charge in [-0.2, -0.15) is 0 Å². The van der Waals surface area contributed by atoms with Crippen molar-refractivity contribution in [1.82, 2.24) is 19.9 Å². The lowest BCUT2D eigenvalue weighted by atomic mass is 9.70. The standard InChI is InChI=1S/C51H32N4/c1-2-13-35(14-3-1)48-53-49(55-50(54-48)37-30-26-34(27-31-37)46-23-10-11-32-52-46)36-28-24-33(25-29-36)38-18-12-22-45-47(38)41-17-6-9-21-44(41)51(45)42-19-7-4-15-39(42)40-16-5-8-20-43(40)51/h1-32H. The molecule has 9 aromatic rings. The van der Waals surface area contributed by atoms with E-state index in [0.717, 1.165) is 33.5 Å². The van der Waals surface area contributed by atoms with Gasteiger partial charge in [-0.3, -0.25) is 4.98 Å². The number of aromatic nitrogens is 4. The molecule has 256 valence electrons. The van der Waals surface area contributed by atoms with Crippen molar-refractivity contribution >= 4 is 0 Å². The van der Waals surface area contributed by atoms with Crippen molar-refractivity contribution in [3.05, 3.63) is 217 Å². The smallest absolute Gasteiger partial charge is 0.164 e. The Hall–Kier alpha value is -7.30. The van der Waals surface area contributed by atoms with Crippen molar-refractivity contribution in [3.63, 3.8) is 0 Å². The minimum absolute atomic E-state index is 0.375. The molecule has 0 fully saturated rings. The summed E-state index contributed by atoms with van der Waals surface area (Å²) in [5.74, 6) is 1.89. The first kappa shape index (κ1) is 31.2. The van der Waals surface area contributed by atoms with Gasteiger partial charge < -0.3 is 0 Å². The number of fused-ring (bicyclic) bond motifs is 10. The predicted octanol–water partition coefficient (Wildman–Crippen LogP) is 11.9. The molecule has 2 aliphatic carbocycles. The van der Waals surface area contributed by atoms with Gasteiger partial charge in [-0.25, -0.2) is 15.0 Å². The average Bonchev–Trinajstić information content (AvgIpc) is 3.75. The molecular weight excluding hydrogens is 669 g/mol. The van der Waals surface area contributed by atoms with E-state index in [1.807, 2.05) is 54.7 Å². The third-order valence-electron chi connectivity index (χ3n) is 11.2. The number of hydrogen-bond acceptors (Lipinski definition) is 4. The van der Waals surface area contributed by atoms with Gasteiger partial charge >= 0.3 is 0 Å². The number of hydrogen-bond donors (Lipinski definition) is 0. The van der Waals surface area contributed by atoms with Crippen molar-refractivity contribution < 1.29 is 0 Å². The summed E-state index contributed by atoms with van der Waals surface area (Å²) in [6.45, 7) is 0. The predicted molar refractivity (Wildman–Crippen MR) is 221 cm³/mol. The van der Waals surface area contributed by atoms with E-state index in [4.69, 9.17) is 15.0 Å². The zero-order valence-corrected chi connectivity index (χ0v) is 29.8. The fourth-order valence-corrected chi connectivity index (χ4v) is 8.86. The van der Waals surface area contributed by atoms with Gasteiger partial charge in [0.25, 0.3) is 0 Å². The highest BCUT2D eigenvalue weighted by Crippen LogP contribution is 2.63. The number of pyridine rings is 1. The molecule has 55 heavy (non-hydrogen) atoms. The second kappa shape index (κ2) is 12.4. The Bertz CT molecular complexity index is 2850. The Kier molecular flexibility index (Phi) is 7.04. The zero-order valence-electron chi connectivity index (χ0n) is 29.8. The molecule has 0 unspecified atom stereocenters. The molecule has 1 spiro atoms. The third kappa shape index (κ3) is 4.78. The minimum Gasteiger partial charge on any atom is -0.256 e. The highest BCUT2D eigenvalue weighted by Gasteiger charge is 2.51. The highest BCUT2D eigenvalue weighted by molar-refractivity contribution is 6.00. The van der Waals surface area contributed by atoms with E-state index in [0.29, 0.717) is 17.5 Å². The number of rotatable bonds is 5. The lowest BCUT2D eigenvalue weighted by Gasteiger charge is -2.30. The molecule has 0 radical (unpaired) electrons. The van der Waals surface area contributed by atoms with Gasteiger partial charge in [-0.15, -0.1) is 0 Å². The van der Waals surface area contributed by atoms with E-state index in [2.05, 4.69) is 145 Å². The molecule has 0 N–H and O–H groups in total. The van der Waals surface area contributed by atoms with Crippen LogP contribution in [0.15, 0.2) is 194 Å². The minimum atomic E-state index is -0.375. The summed E-state index contributed by atoms with van der Waals surface area (Å²) in [5, 5.41) is 0. The SMILES string of the molecule is c1ccc(-c2nc(-c3ccc(-c4ccccn4)cc3)nc(-c3ccc(-c4cccc5c4-c4ccccc4C54c5ccccc5-c5ccccc54)cc3)n2)cc1. The molecule has 11 rings (SSSR count). The van der Waals surface area contributed by atoms with Crippen LogP contribution in [0.5, 0.6) is 0 Å². The van der Waals surface area contributed by atoms with Crippen LogP contribution < -0.4 is 0 Å². The number of benzene rings is 7. The monoisotopic (exact) mass is 700 g/mol. The summed E-state index contributed by atoms with van der Waals surface area (Å²) in [5.41, 5.74) is 17.3. The van der Waals surface area contributed by atoms with Gasteiger partial charge in [0.1, 0.15) is 0 Å². The maximum atomic E-state index is 5.04. The second-order valence-electron chi connectivity index (χ2n) is 14.2. The molecule has 4 heteroatoms. The topological polar surface area (TPSA) is 51.6 Å². The van der Waals surface area contributed by atoms with E-state index < -0.39 is 0 Å². The molecule has 0 aliphatic heterocycles. The van der Waals surface area contributed by atoms with E-state index >= 15 is 0 Å². The van der Waals surface area contributed by atoms with Gasteiger partial charge in [-0.1, -0.05) is 176 Å². The van der Waals surface area contributed by atoms with Crippen LogP contribution in [0.2, 0.25) is 0 Å². The zero-order chi connectivity index (χ0) is 36.3. The Balaban J connectivity index is 1.03. The van der Waals surface area contributed by atoms with Gasteiger partial charge in [0, 0.05) is 28.5 Å². The summed E-state index contributed by atoms with van der Waals surface area (Å²) in [7, 11) is 0. The molecule has 2 aliphatic rings. The molecule has 2 heterocycles. The molecule has 2 aromatic heterocycles. The summed E-state index contributed by atoms with van der Waals surface area (Å²) >= 11 is 0. The second-order valence-corrected chi connectivity index (χ2v) is 14.2. The molecule has 0 atom stereocenters. The average molecular weight is 701 g/mol. The van der Waals surface area contributed by atoms with Crippen LogP contribution in [0.4, 0.5) is 0 Å². The highest BCUT2D eigenvalue weighted by atomic mass is 15.0. The molecule has 7 aromatic carbocycles. The first-order valence-corrected chi connectivity index (χ1v) is 18.6. The Labute approximate surface area is 319 Å². The van der Waals surface area contributed by atoms with Crippen LogP contribution in [0.3, 0.4) is 0 Å². The third-order valence-corrected chi connectivity index (χ3v) is 11.2. The lowest BCUT2D eigenvalue weighted by Crippen LogP contribution is -2.25. The molecular formula is C51H32N4. The maximum absolute atomic E-state index is 5.04. The molecule has 0 saturated heterocycles. The van der Waals surface area contributed by atoms with Crippen molar-refractivity contribution in [2.24, 2.45) is 0 Å². The summed E-state index contributed by atoms with van der Waals surface area (Å²) in [6.07, 6.45) is 1.81. The van der Waals surface area contributed by atoms with Crippen LogP contribution in [-0.2, 0) is 5.41 Å². The summed E-state index contributed by atoms with van der Waals surface area (Å²) < 4.78 is 0. The fraction of sp³-hybridized carbons (Fsp3) is 0.0196. The van der Waals surface area contributed by atoms with Crippen molar-refractivity contribution in [3.8, 4) is 78.8 Å². The largest absolute Gasteiger partial charge is 0.256 e. The Morgan fingerprint density at radius 3 is 1.31 bits per heavy atom. The summed E-state index contributed by atoms with van der Waals surface area (Å²) in [6, 6.07) is 66.7. The summed E-state index contributed by atoms with van der Waals surface area (Å²) in [4.78, 5) is 19.5. The van der Waals surface area contributed by atoms with E-state index in [9.17, 15) is 0 Å².